The van der Waals surface area contributed by atoms with Crippen LogP contribution in [-0.4, -0.2) is 41.0 Å². The standard InChI is InChI=1S/C5H11N3O3/c9-2-4-1-6-7-8(3-10)5(4)11/h4,6-7,9-10H,1-3H2. The van der Waals surface area contributed by atoms with E-state index in [1.165, 1.54) is 0 Å². The van der Waals surface area contributed by atoms with Gasteiger partial charge in [0, 0.05) is 6.54 Å². The van der Waals surface area contributed by atoms with Crippen molar-refractivity contribution in [3.63, 3.8) is 0 Å². The van der Waals surface area contributed by atoms with Crippen molar-refractivity contribution in [1.82, 2.24) is 16.0 Å². The second-order valence-corrected chi connectivity index (χ2v) is 2.28. The lowest BCUT2D eigenvalue weighted by molar-refractivity contribution is -0.151. The lowest BCUT2D eigenvalue weighted by Crippen LogP contribution is -2.60. The molecule has 11 heavy (non-hydrogen) atoms. The van der Waals surface area contributed by atoms with Crippen LogP contribution in [-0.2, 0) is 4.79 Å². The SMILES string of the molecule is O=C1C(CO)CNNN1CO. The fourth-order valence-corrected chi connectivity index (χ4v) is 0.875. The molecule has 0 aromatic heterocycles. The number of carbonyl (C=O) groups is 1. The molecule has 64 valence electrons. The van der Waals surface area contributed by atoms with E-state index in [0.29, 0.717) is 6.54 Å². The molecule has 0 aliphatic carbocycles. The monoisotopic (exact) mass is 161 g/mol. The maximum atomic E-state index is 11.1. The molecule has 0 aromatic carbocycles. The Labute approximate surface area is 63.7 Å². The van der Waals surface area contributed by atoms with Crippen LogP contribution in [0.2, 0.25) is 0 Å². The highest BCUT2D eigenvalue weighted by molar-refractivity contribution is 5.79. The Balaban J connectivity index is 2.52. The van der Waals surface area contributed by atoms with E-state index in [9.17, 15) is 4.79 Å². The average Bonchev–Trinajstić information content (AvgIpc) is 2.05. The lowest BCUT2D eigenvalue weighted by atomic mass is 10.1. The maximum Gasteiger partial charge on any atom is 0.246 e. The first-order valence-electron chi connectivity index (χ1n) is 3.31. The summed E-state index contributed by atoms with van der Waals surface area (Å²) < 4.78 is 0. The van der Waals surface area contributed by atoms with Crippen molar-refractivity contribution in [3.05, 3.63) is 0 Å². The Kier molecular flexibility index (Phi) is 2.77. The van der Waals surface area contributed by atoms with Crippen LogP contribution in [0.15, 0.2) is 0 Å². The van der Waals surface area contributed by atoms with Crippen molar-refractivity contribution in [1.29, 1.82) is 0 Å². The van der Waals surface area contributed by atoms with Gasteiger partial charge in [-0.25, -0.2) is 10.4 Å². The Hall–Kier alpha value is -0.690. The van der Waals surface area contributed by atoms with Crippen molar-refractivity contribution in [2.75, 3.05) is 19.9 Å². The van der Waals surface area contributed by atoms with Gasteiger partial charge in [0.1, 0.15) is 6.73 Å². The summed E-state index contributed by atoms with van der Waals surface area (Å²) in [5.74, 6) is -0.753. The van der Waals surface area contributed by atoms with Gasteiger partial charge in [0.15, 0.2) is 0 Å². The summed E-state index contributed by atoms with van der Waals surface area (Å²) in [5, 5.41) is 18.3. The first-order chi connectivity index (χ1) is 5.29. The zero-order chi connectivity index (χ0) is 8.27. The second kappa shape index (κ2) is 3.63. The van der Waals surface area contributed by atoms with Crippen LogP contribution in [0.5, 0.6) is 0 Å². The Morgan fingerprint density at radius 2 is 2.36 bits per heavy atom. The molecule has 0 saturated carbocycles. The molecular weight excluding hydrogens is 150 g/mol. The molecule has 1 aliphatic rings. The van der Waals surface area contributed by atoms with E-state index in [-0.39, 0.29) is 12.5 Å². The van der Waals surface area contributed by atoms with Gasteiger partial charge in [0.05, 0.1) is 12.5 Å². The highest BCUT2D eigenvalue weighted by Crippen LogP contribution is 2.01. The summed E-state index contributed by atoms with van der Waals surface area (Å²) in [5.41, 5.74) is 5.11. The molecule has 1 aliphatic heterocycles. The molecule has 0 bridgehead atoms. The lowest BCUT2D eigenvalue weighted by Gasteiger charge is -2.30. The molecule has 1 rings (SSSR count). The Bertz CT molecular complexity index is 138. The Morgan fingerprint density at radius 1 is 1.64 bits per heavy atom. The van der Waals surface area contributed by atoms with E-state index in [1.54, 1.807) is 0 Å². The van der Waals surface area contributed by atoms with Gasteiger partial charge in [0.2, 0.25) is 5.91 Å². The number of amides is 1. The van der Waals surface area contributed by atoms with Crippen molar-refractivity contribution in [3.8, 4) is 0 Å². The summed E-state index contributed by atoms with van der Waals surface area (Å²) in [4.78, 5) is 11.1. The van der Waals surface area contributed by atoms with Crippen LogP contribution in [0.1, 0.15) is 0 Å². The van der Waals surface area contributed by atoms with Gasteiger partial charge in [-0.05, 0) is 0 Å². The van der Waals surface area contributed by atoms with Gasteiger partial charge in [-0.2, -0.15) is 5.53 Å². The van der Waals surface area contributed by atoms with E-state index in [4.69, 9.17) is 10.2 Å². The van der Waals surface area contributed by atoms with Crippen LogP contribution in [0, 0.1) is 5.92 Å². The molecule has 1 unspecified atom stereocenters. The largest absolute Gasteiger partial charge is 0.395 e. The number of nitrogens with zero attached hydrogens (tertiary/aromatic N) is 1. The highest BCUT2D eigenvalue weighted by atomic mass is 16.3. The molecule has 0 radical (unpaired) electrons. The zero-order valence-corrected chi connectivity index (χ0v) is 5.95. The number of hydrogen-bond acceptors (Lipinski definition) is 5. The van der Waals surface area contributed by atoms with E-state index in [0.717, 1.165) is 5.01 Å². The van der Waals surface area contributed by atoms with Crippen LogP contribution >= 0.6 is 0 Å². The molecule has 1 fully saturated rings. The number of hydrazine groups is 2. The van der Waals surface area contributed by atoms with Gasteiger partial charge < -0.3 is 10.2 Å². The first-order valence-corrected chi connectivity index (χ1v) is 3.31. The third-order valence-electron chi connectivity index (χ3n) is 1.54. The molecule has 6 heteroatoms. The predicted molar refractivity (Wildman–Crippen MR) is 35.6 cm³/mol. The molecule has 1 heterocycles. The second-order valence-electron chi connectivity index (χ2n) is 2.28. The molecule has 0 spiro atoms. The van der Waals surface area contributed by atoms with E-state index >= 15 is 0 Å². The predicted octanol–water partition coefficient (Wildman–Crippen LogP) is -2.60. The highest BCUT2D eigenvalue weighted by Gasteiger charge is 2.26. The van der Waals surface area contributed by atoms with Crippen LogP contribution in [0.3, 0.4) is 0 Å². The fourth-order valence-electron chi connectivity index (χ4n) is 0.875. The Morgan fingerprint density at radius 3 is 2.91 bits per heavy atom. The van der Waals surface area contributed by atoms with Crippen LogP contribution in [0.4, 0.5) is 0 Å². The smallest absolute Gasteiger partial charge is 0.246 e. The molecule has 0 aromatic rings. The topological polar surface area (TPSA) is 84.8 Å². The fraction of sp³-hybridized carbons (Fsp3) is 0.800. The summed E-state index contributed by atoms with van der Waals surface area (Å²) in [6.45, 7) is -0.224. The molecule has 1 atom stereocenters. The average molecular weight is 161 g/mol. The number of nitrogens with one attached hydrogen (secondary N) is 2. The summed E-state index contributed by atoms with van der Waals surface area (Å²) in [7, 11) is 0. The normalized spacial score (nSPS) is 25.8. The van der Waals surface area contributed by atoms with Crippen LogP contribution in [0.25, 0.3) is 0 Å². The molecule has 1 saturated heterocycles. The zero-order valence-electron chi connectivity index (χ0n) is 5.95. The van der Waals surface area contributed by atoms with Crippen LogP contribution < -0.4 is 11.0 Å². The number of rotatable bonds is 2. The summed E-state index contributed by atoms with van der Waals surface area (Å²) in [6, 6.07) is 0. The van der Waals surface area contributed by atoms with Gasteiger partial charge in [-0.15, -0.1) is 0 Å². The minimum absolute atomic E-state index is 0.204. The third kappa shape index (κ3) is 1.66. The summed E-state index contributed by atoms with van der Waals surface area (Å²) >= 11 is 0. The number of aliphatic hydroxyl groups excluding tert-OH is 2. The van der Waals surface area contributed by atoms with Crippen molar-refractivity contribution >= 4 is 5.91 Å². The molecule has 6 nitrogen and oxygen atoms in total. The number of aliphatic hydroxyl groups is 2. The molecular formula is C5H11N3O3. The van der Waals surface area contributed by atoms with E-state index in [2.05, 4.69) is 11.0 Å². The van der Waals surface area contributed by atoms with Gasteiger partial charge >= 0.3 is 0 Å². The van der Waals surface area contributed by atoms with Gasteiger partial charge in [-0.3, -0.25) is 4.79 Å². The van der Waals surface area contributed by atoms with E-state index in [1.807, 2.05) is 0 Å². The number of hydrogen-bond donors (Lipinski definition) is 4. The maximum absolute atomic E-state index is 11.1. The van der Waals surface area contributed by atoms with E-state index < -0.39 is 12.6 Å². The summed E-state index contributed by atoms with van der Waals surface area (Å²) in [6.07, 6.45) is 0. The minimum Gasteiger partial charge on any atom is -0.395 e. The van der Waals surface area contributed by atoms with Gasteiger partial charge in [-0.1, -0.05) is 0 Å². The third-order valence-corrected chi connectivity index (χ3v) is 1.54. The quantitative estimate of drug-likeness (QED) is 0.357. The minimum atomic E-state index is -0.455. The number of carbonyl (C=O) groups excluding carboxylic acids is 1. The van der Waals surface area contributed by atoms with Gasteiger partial charge in [0.25, 0.3) is 0 Å². The van der Waals surface area contributed by atoms with Crippen molar-refractivity contribution in [2.24, 2.45) is 5.92 Å². The first kappa shape index (κ1) is 8.41. The van der Waals surface area contributed by atoms with Crippen molar-refractivity contribution < 1.29 is 15.0 Å². The van der Waals surface area contributed by atoms with Crippen molar-refractivity contribution in [2.45, 2.75) is 0 Å². The molecule has 1 amide bonds. The molecule has 4 N–H and O–H groups in total.